The van der Waals surface area contributed by atoms with Crippen LogP contribution in [0.5, 0.6) is 0 Å². The Morgan fingerprint density at radius 2 is 1.68 bits per heavy atom. The van der Waals surface area contributed by atoms with Crippen LogP contribution in [0, 0.1) is 18.8 Å². The number of piperidine rings is 2. The summed E-state index contributed by atoms with van der Waals surface area (Å²) in [6.45, 7) is 6.57. The molecule has 3 rings (SSSR count). The third kappa shape index (κ3) is 4.06. The number of aryl methyl sites for hydroxylation is 1. The van der Waals surface area contributed by atoms with E-state index in [1.165, 1.54) is 4.31 Å². The summed E-state index contributed by atoms with van der Waals surface area (Å²) in [5, 5.41) is 0. The van der Waals surface area contributed by atoms with Gasteiger partial charge in [0.1, 0.15) is 0 Å². The lowest BCUT2D eigenvalue weighted by Crippen LogP contribution is -2.48. The predicted molar refractivity (Wildman–Crippen MR) is 97.6 cm³/mol. The van der Waals surface area contributed by atoms with E-state index in [2.05, 4.69) is 6.92 Å². The highest BCUT2D eigenvalue weighted by atomic mass is 32.2. The minimum absolute atomic E-state index is 0.135. The molecule has 2 saturated heterocycles. The Morgan fingerprint density at radius 1 is 1.04 bits per heavy atom. The van der Waals surface area contributed by atoms with Crippen molar-refractivity contribution in [3.8, 4) is 0 Å². The average molecular weight is 365 g/mol. The average Bonchev–Trinajstić information content (AvgIpc) is 2.62. The summed E-state index contributed by atoms with van der Waals surface area (Å²) in [5.41, 5.74) is 1.03. The molecule has 0 saturated carbocycles. The second-order valence-electron chi connectivity index (χ2n) is 7.52. The van der Waals surface area contributed by atoms with Gasteiger partial charge in [0.2, 0.25) is 15.9 Å². The molecule has 2 aliphatic rings. The van der Waals surface area contributed by atoms with Gasteiger partial charge in [-0.3, -0.25) is 4.79 Å². The highest BCUT2D eigenvalue weighted by Gasteiger charge is 2.35. The van der Waals surface area contributed by atoms with E-state index >= 15 is 0 Å². The molecular weight excluding hydrogens is 336 g/mol. The maximum atomic E-state index is 12.9. The maximum absolute atomic E-state index is 12.9. The Kier molecular flexibility index (Phi) is 5.49. The SMILES string of the molecule is Cc1ccc(S(=O)(=O)N2CCC[C@H](C(=O)N3CCC(C)CC3)C2)cc1. The molecule has 0 aliphatic carbocycles. The minimum atomic E-state index is -3.52. The van der Waals surface area contributed by atoms with Gasteiger partial charge in [-0.1, -0.05) is 24.6 Å². The van der Waals surface area contributed by atoms with Crippen LogP contribution in [-0.4, -0.2) is 49.7 Å². The molecule has 25 heavy (non-hydrogen) atoms. The molecule has 0 aromatic heterocycles. The van der Waals surface area contributed by atoms with E-state index in [4.69, 9.17) is 0 Å². The lowest BCUT2D eigenvalue weighted by Gasteiger charge is -2.36. The number of hydrogen-bond acceptors (Lipinski definition) is 3. The van der Waals surface area contributed by atoms with Gasteiger partial charge >= 0.3 is 0 Å². The first-order valence-corrected chi connectivity index (χ1v) is 10.7. The highest BCUT2D eigenvalue weighted by molar-refractivity contribution is 7.89. The number of amides is 1. The van der Waals surface area contributed by atoms with E-state index in [-0.39, 0.29) is 11.8 Å². The first-order valence-electron chi connectivity index (χ1n) is 9.23. The largest absolute Gasteiger partial charge is 0.342 e. The van der Waals surface area contributed by atoms with E-state index < -0.39 is 10.0 Å². The van der Waals surface area contributed by atoms with E-state index in [0.29, 0.717) is 23.9 Å². The normalized spacial score (nSPS) is 23.6. The molecule has 1 amide bonds. The first kappa shape index (κ1) is 18.4. The zero-order valence-electron chi connectivity index (χ0n) is 15.1. The molecule has 1 aromatic rings. The number of carbonyl (C=O) groups excluding carboxylic acids is 1. The molecule has 0 spiro atoms. The quantitative estimate of drug-likeness (QED) is 0.828. The van der Waals surface area contributed by atoms with Crippen LogP contribution < -0.4 is 0 Å². The van der Waals surface area contributed by atoms with Crippen LogP contribution >= 0.6 is 0 Å². The van der Waals surface area contributed by atoms with Crippen molar-refractivity contribution in [1.82, 2.24) is 9.21 Å². The van der Waals surface area contributed by atoms with E-state index in [9.17, 15) is 13.2 Å². The van der Waals surface area contributed by atoms with Gasteiger partial charge in [-0.2, -0.15) is 4.31 Å². The Morgan fingerprint density at radius 3 is 2.32 bits per heavy atom. The van der Waals surface area contributed by atoms with E-state index in [0.717, 1.165) is 44.3 Å². The Bertz CT molecular complexity index is 707. The molecule has 2 heterocycles. The van der Waals surface area contributed by atoms with Crippen LogP contribution in [0.1, 0.15) is 38.2 Å². The molecule has 138 valence electrons. The first-order chi connectivity index (χ1) is 11.9. The lowest BCUT2D eigenvalue weighted by atomic mass is 9.94. The number of rotatable bonds is 3. The smallest absolute Gasteiger partial charge is 0.243 e. The maximum Gasteiger partial charge on any atom is 0.243 e. The van der Waals surface area contributed by atoms with Gasteiger partial charge in [0.15, 0.2) is 0 Å². The second kappa shape index (κ2) is 7.46. The Labute approximate surface area is 151 Å². The number of nitrogens with zero attached hydrogens (tertiary/aromatic N) is 2. The summed E-state index contributed by atoms with van der Waals surface area (Å²) >= 11 is 0. The van der Waals surface area contributed by atoms with Crippen molar-refractivity contribution in [2.75, 3.05) is 26.2 Å². The topological polar surface area (TPSA) is 57.7 Å². The van der Waals surface area contributed by atoms with Crippen LogP contribution in [0.25, 0.3) is 0 Å². The monoisotopic (exact) mass is 364 g/mol. The Hall–Kier alpha value is -1.40. The van der Waals surface area contributed by atoms with Crippen molar-refractivity contribution in [2.24, 2.45) is 11.8 Å². The van der Waals surface area contributed by atoms with Crippen molar-refractivity contribution in [3.05, 3.63) is 29.8 Å². The van der Waals surface area contributed by atoms with E-state index in [1.807, 2.05) is 24.0 Å². The van der Waals surface area contributed by atoms with Crippen molar-refractivity contribution in [2.45, 2.75) is 44.4 Å². The summed E-state index contributed by atoms with van der Waals surface area (Å²) in [6.07, 6.45) is 3.62. The molecule has 6 heteroatoms. The molecule has 0 bridgehead atoms. The van der Waals surface area contributed by atoms with Gasteiger partial charge in [-0.05, 0) is 50.7 Å². The fourth-order valence-corrected chi connectivity index (χ4v) is 5.23. The van der Waals surface area contributed by atoms with Crippen LogP contribution in [0.3, 0.4) is 0 Å². The zero-order chi connectivity index (χ0) is 18.0. The molecular formula is C19H28N2O3S. The van der Waals surface area contributed by atoms with Gasteiger partial charge in [0.25, 0.3) is 0 Å². The van der Waals surface area contributed by atoms with Gasteiger partial charge in [0, 0.05) is 26.2 Å². The molecule has 0 unspecified atom stereocenters. The molecule has 2 aliphatic heterocycles. The second-order valence-corrected chi connectivity index (χ2v) is 9.46. The third-order valence-corrected chi connectivity index (χ3v) is 7.37. The van der Waals surface area contributed by atoms with Crippen molar-refractivity contribution in [1.29, 1.82) is 0 Å². The molecule has 0 N–H and O–H groups in total. The summed E-state index contributed by atoms with van der Waals surface area (Å²) in [5.74, 6) is 0.604. The molecule has 2 fully saturated rings. The number of sulfonamides is 1. The van der Waals surface area contributed by atoms with Crippen LogP contribution in [0.15, 0.2) is 29.2 Å². The highest BCUT2D eigenvalue weighted by Crippen LogP contribution is 2.26. The molecule has 1 atom stereocenters. The van der Waals surface area contributed by atoms with Gasteiger partial charge in [-0.25, -0.2) is 8.42 Å². The number of carbonyl (C=O) groups is 1. The van der Waals surface area contributed by atoms with Crippen LogP contribution in [0.2, 0.25) is 0 Å². The van der Waals surface area contributed by atoms with Gasteiger partial charge in [-0.15, -0.1) is 0 Å². The van der Waals surface area contributed by atoms with Gasteiger partial charge in [0.05, 0.1) is 10.8 Å². The van der Waals surface area contributed by atoms with Crippen molar-refractivity contribution >= 4 is 15.9 Å². The summed E-state index contributed by atoms with van der Waals surface area (Å²) in [7, 11) is -3.52. The van der Waals surface area contributed by atoms with E-state index in [1.54, 1.807) is 12.1 Å². The van der Waals surface area contributed by atoms with Crippen molar-refractivity contribution < 1.29 is 13.2 Å². The predicted octanol–water partition coefficient (Wildman–Crippen LogP) is 2.65. The van der Waals surface area contributed by atoms with Crippen LogP contribution in [-0.2, 0) is 14.8 Å². The lowest BCUT2D eigenvalue weighted by molar-refractivity contribution is -0.138. The third-order valence-electron chi connectivity index (χ3n) is 5.49. The summed E-state index contributed by atoms with van der Waals surface area (Å²) < 4.78 is 27.3. The summed E-state index contributed by atoms with van der Waals surface area (Å²) in [4.78, 5) is 15.1. The Balaban J connectivity index is 1.70. The number of hydrogen-bond donors (Lipinski definition) is 0. The molecule has 5 nitrogen and oxygen atoms in total. The number of benzene rings is 1. The fourth-order valence-electron chi connectivity index (χ4n) is 3.71. The zero-order valence-corrected chi connectivity index (χ0v) is 16.0. The standard InChI is InChI=1S/C19H28N2O3S/c1-15-5-7-18(8-6-15)25(23,24)21-11-3-4-17(14-21)19(22)20-12-9-16(2)10-13-20/h5-8,16-17H,3-4,9-14H2,1-2H3/t17-/m0/s1. The molecule has 1 aromatic carbocycles. The minimum Gasteiger partial charge on any atom is -0.342 e. The van der Waals surface area contributed by atoms with Gasteiger partial charge < -0.3 is 4.90 Å². The van der Waals surface area contributed by atoms with Crippen molar-refractivity contribution in [3.63, 3.8) is 0 Å². The summed E-state index contributed by atoms with van der Waals surface area (Å²) in [6, 6.07) is 6.94. The number of likely N-dealkylation sites (tertiary alicyclic amines) is 1. The van der Waals surface area contributed by atoms with Crippen LogP contribution in [0.4, 0.5) is 0 Å². The molecule has 0 radical (unpaired) electrons. The fraction of sp³-hybridized carbons (Fsp3) is 0.632.